The molecule has 500 valence electrons. The molecule has 36 heteroatoms. The van der Waals surface area contributed by atoms with Crippen LogP contribution in [0.4, 0.5) is 37.7 Å². The number of fused-ring (bicyclic) bond motifs is 1. The molecule has 0 aliphatic carbocycles. The number of nitrogens with zero attached hydrogens (tertiary/aromatic N) is 5. The Balaban J connectivity index is 0.000000454. The van der Waals surface area contributed by atoms with E-state index >= 15 is 0 Å². The minimum Gasteiger partial charge on any atom is -0.652 e. The summed E-state index contributed by atoms with van der Waals surface area (Å²) in [7, 11) is -6.92. The second-order valence-corrected chi connectivity index (χ2v) is 27.3. The first-order chi connectivity index (χ1) is 43.2. The van der Waals surface area contributed by atoms with Gasteiger partial charge < -0.3 is 34.5 Å². The fraction of sp³-hybridized carbons (Fsp3) is 0.267. The molecule has 2 aromatic heterocycles. The molecule has 2 aliphatic rings. The number of piperidine rings is 1. The number of benzene rings is 5. The van der Waals surface area contributed by atoms with Crippen LogP contribution in [0.15, 0.2) is 131 Å². The number of cyclic esters (lactones) is 1. The summed E-state index contributed by atoms with van der Waals surface area (Å²) in [5.41, 5.74) is -2.38. The van der Waals surface area contributed by atoms with Crippen molar-refractivity contribution < 1.29 is 143 Å². The molecule has 18 nitrogen and oxygen atoms in total. The smallest absolute Gasteiger partial charge is 0.652 e. The molecule has 96 heavy (non-hydrogen) atoms. The maximum Gasteiger partial charge on any atom is 1.00 e. The number of aromatic nitrogens is 2. The maximum absolute atomic E-state index is 13.6. The quantitative estimate of drug-likeness (QED) is 0.0294. The van der Waals surface area contributed by atoms with Crippen LogP contribution in [0.5, 0.6) is 0 Å². The van der Waals surface area contributed by atoms with Crippen molar-refractivity contribution in [2.75, 3.05) is 36.3 Å². The average Bonchev–Trinajstić information content (AvgIpc) is 1.42. The standard InChI is InChI=1S/C22H14Cl3F3N2O5S.C15H11Cl2F3N2O4S.C9H18N.C7H5ClO2.C7H4ClO2.3Li/c1-34-10-30(36(32,33)12-5-6-15(24)14(8-12)22(26,27)28)17-7-11(23)9-29-19(17)20-18-13(21(31)35-20)3-2-4-16(18)25;1-26-8-22(14-4-9(16)6-21-13(14)7-23)27(24,25)10-2-3-12(17)11(5-10)15(18,19)20;1-8(2)6-5-7-9(3,4)10-8;2*8-6-3-1-2-5(4-6)7(9)10;;;/h2-9,20H,10H2,1H3;2-7H,8H2,1H3;5-7H2,1-4H3;1-4H,(H,9,10);1-3H,(H,9,10);;;/q;;-1;;-1;3*+1/p-1. The number of esters is 1. The molecule has 2 aliphatic heterocycles. The van der Waals surface area contributed by atoms with Gasteiger partial charge in [0.1, 0.15) is 24.8 Å². The molecular weight excluding hydrogens is 1450 g/mol. The molecule has 1 unspecified atom stereocenters. The van der Waals surface area contributed by atoms with Crippen LogP contribution in [-0.4, -0.2) is 94.9 Å². The Morgan fingerprint density at radius 2 is 1.17 bits per heavy atom. The third kappa shape index (κ3) is 23.7. The first-order valence-electron chi connectivity index (χ1n) is 26.3. The molecular formula is C60H51Cl7F6Li3N5O13S2. The molecule has 7 aromatic rings. The molecule has 0 saturated carbocycles. The zero-order valence-corrected chi connectivity index (χ0v) is 59.0. The number of anilines is 2. The van der Waals surface area contributed by atoms with Crippen molar-refractivity contribution in [2.24, 2.45) is 0 Å². The van der Waals surface area contributed by atoms with Crippen LogP contribution in [0.2, 0.25) is 35.2 Å². The molecule has 4 heterocycles. The summed E-state index contributed by atoms with van der Waals surface area (Å²) in [5, 5.41) is 22.9. The van der Waals surface area contributed by atoms with E-state index in [0.29, 0.717) is 25.8 Å². The molecule has 0 spiro atoms. The second-order valence-electron chi connectivity index (χ2n) is 20.6. The Morgan fingerprint density at radius 3 is 1.58 bits per heavy atom. The number of rotatable bonds is 14. The van der Waals surface area contributed by atoms with Crippen LogP contribution >= 0.6 is 81.2 Å². The fourth-order valence-electron chi connectivity index (χ4n) is 8.83. The average molecular weight is 1500 g/mol. The van der Waals surface area contributed by atoms with Gasteiger partial charge in [-0.1, -0.05) is 129 Å². The number of methoxy groups -OCH3 is 2. The Kier molecular flexibility index (Phi) is 33.7. The minimum atomic E-state index is -4.91. The van der Waals surface area contributed by atoms with E-state index in [9.17, 15) is 67.5 Å². The minimum absolute atomic E-state index is 0. The summed E-state index contributed by atoms with van der Waals surface area (Å²) in [6, 6.07) is 24.2. The number of carbonyl (C=O) groups excluding carboxylic acids is 3. The molecule has 0 amide bonds. The number of ether oxygens (including phenoxy) is 3. The molecule has 0 radical (unpaired) electrons. The van der Waals surface area contributed by atoms with Gasteiger partial charge >= 0.3 is 80.9 Å². The van der Waals surface area contributed by atoms with Crippen molar-refractivity contribution in [3.05, 3.63) is 213 Å². The van der Waals surface area contributed by atoms with Crippen LogP contribution in [0.25, 0.3) is 5.32 Å². The number of aldehydes is 1. The monoisotopic (exact) mass is 1490 g/mol. The Morgan fingerprint density at radius 1 is 0.688 bits per heavy atom. The molecule has 1 fully saturated rings. The number of hydrogen-bond acceptors (Lipinski definition) is 14. The Bertz CT molecular complexity index is 4070. The predicted molar refractivity (Wildman–Crippen MR) is 337 cm³/mol. The van der Waals surface area contributed by atoms with Gasteiger partial charge in [0.05, 0.1) is 63.5 Å². The van der Waals surface area contributed by atoms with E-state index in [1.54, 1.807) is 24.3 Å². The normalized spacial score (nSPS) is 14.3. The van der Waals surface area contributed by atoms with Crippen molar-refractivity contribution in [2.45, 2.75) is 86.3 Å². The van der Waals surface area contributed by atoms with Crippen molar-refractivity contribution in [1.82, 2.24) is 9.97 Å². The summed E-state index contributed by atoms with van der Waals surface area (Å²) >= 11 is 40.4. The molecule has 9 rings (SSSR count). The number of halogens is 13. The van der Waals surface area contributed by atoms with Crippen LogP contribution in [0.3, 0.4) is 0 Å². The molecule has 5 aromatic carbocycles. The molecule has 0 bridgehead atoms. The van der Waals surface area contributed by atoms with Crippen LogP contribution in [-0.2, 0) is 46.6 Å². The van der Waals surface area contributed by atoms with E-state index < -0.39 is 101 Å². The van der Waals surface area contributed by atoms with Crippen molar-refractivity contribution in [1.29, 1.82) is 0 Å². The number of aromatic carboxylic acids is 2. The summed E-state index contributed by atoms with van der Waals surface area (Å²) in [5.74, 6) is -2.93. The number of hydrogen-bond donors (Lipinski definition) is 1. The van der Waals surface area contributed by atoms with Gasteiger partial charge in [0.15, 0.2) is 12.4 Å². The number of alkyl halides is 6. The van der Waals surface area contributed by atoms with Crippen LogP contribution < -0.4 is 70.3 Å². The number of carboxylic acids is 2. The molecule has 1 atom stereocenters. The van der Waals surface area contributed by atoms with Crippen LogP contribution in [0, 0.1) is 6.07 Å². The summed E-state index contributed by atoms with van der Waals surface area (Å²) in [4.78, 5) is 50.6. The van der Waals surface area contributed by atoms with Gasteiger partial charge in [-0.15, -0.1) is 52.5 Å². The van der Waals surface area contributed by atoms with Gasteiger partial charge in [0.25, 0.3) is 20.0 Å². The first-order valence-corrected chi connectivity index (χ1v) is 31.9. The molecule has 1 N–H and O–H groups in total. The van der Waals surface area contributed by atoms with Gasteiger partial charge in [-0.2, -0.15) is 26.3 Å². The third-order valence-electron chi connectivity index (χ3n) is 12.8. The van der Waals surface area contributed by atoms with Crippen molar-refractivity contribution >= 4 is 137 Å². The largest absolute Gasteiger partial charge is 1.00 e. The van der Waals surface area contributed by atoms with E-state index in [1.807, 2.05) is 0 Å². The molecule has 1 saturated heterocycles. The third-order valence-corrected chi connectivity index (χ3v) is 18.1. The van der Waals surface area contributed by atoms with Crippen molar-refractivity contribution in [3.63, 3.8) is 0 Å². The first kappa shape index (κ1) is 87.3. The van der Waals surface area contributed by atoms with Gasteiger partial charge in [-0.05, 0) is 89.9 Å². The fourth-order valence-corrected chi connectivity index (χ4v) is 13.0. The van der Waals surface area contributed by atoms with E-state index in [2.05, 4.69) is 43.7 Å². The van der Waals surface area contributed by atoms with E-state index in [4.69, 9.17) is 106 Å². The number of carbonyl (C=O) groups is 4. The summed E-state index contributed by atoms with van der Waals surface area (Å²) < 4.78 is 149. The Hall–Kier alpha value is -4.74. The van der Waals surface area contributed by atoms with Crippen LogP contribution in [0.1, 0.15) is 117 Å². The summed E-state index contributed by atoms with van der Waals surface area (Å²) in [6.07, 6.45) is -4.53. The zero-order chi connectivity index (χ0) is 69.8. The van der Waals surface area contributed by atoms with Gasteiger partial charge in [0.2, 0.25) is 0 Å². The SMILES string of the molecule is CC1(C)CCCC(C)(C)[N-]1.COCN(c1cc(Cl)cnc1C1OC(=O)c2cccc(Cl)c21)S(=O)(=O)c1ccc(Cl)c(C(F)(F)F)c1.COCN(c1cc(Cl)cnc1C=O)S(=O)(=O)c1ccc(Cl)c(C(F)(F)F)c1.O=C(O)c1cccc(Cl)c1.O=C([O-])c1[c-]c(Cl)ccc1.[Li+].[Li+].[Li+]. The topological polar surface area (TPSA) is 254 Å². The van der Waals surface area contributed by atoms with Gasteiger partial charge in [0, 0.05) is 42.2 Å². The van der Waals surface area contributed by atoms with E-state index in [0.717, 1.165) is 36.5 Å². The number of pyridine rings is 2. The van der Waals surface area contributed by atoms with Crippen molar-refractivity contribution in [3.8, 4) is 0 Å². The number of sulfonamides is 2. The van der Waals surface area contributed by atoms with Gasteiger partial charge in [-0.3, -0.25) is 9.78 Å². The maximum atomic E-state index is 13.6. The summed E-state index contributed by atoms with van der Waals surface area (Å²) in [6.45, 7) is 7.68. The van der Waals surface area contributed by atoms with E-state index in [-0.39, 0.29) is 139 Å². The Labute approximate surface area is 620 Å². The second kappa shape index (κ2) is 37.1. The van der Waals surface area contributed by atoms with E-state index in [1.165, 1.54) is 82.1 Å². The number of carboxylic acid groups (broad SMARTS) is 2. The predicted octanol–water partition coefficient (Wildman–Crippen LogP) is 6.79. The van der Waals surface area contributed by atoms with Gasteiger partial charge in [-0.25, -0.2) is 40.0 Å². The zero-order valence-electron chi connectivity index (χ0n) is 52.0.